The minimum absolute atomic E-state index is 0.524. The maximum atomic E-state index is 4.48. The van der Waals surface area contributed by atoms with Gasteiger partial charge in [-0.2, -0.15) is 0 Å². The number of nitrogens with one attached hydrogen (secondary N) is 2. The number of hydrogen-bond acceptors (Lipinski definition) is 4. The van der Waals surface area contributed by atoms with Crippen LogP contribution in [0.5, 0.6) is 0 Å². The van der Waals surface area contributed by atoms with Crippen LogP contribution in [0, 0.1) is 5.92 Å². The number of H-pyrrole nitrogens is 1. The lowest BCUT2D eigenvalue weighted by molar-refractivity contribution is 0.314. The molecular formula is C16H22N6. The first kappa shape index (κ1) is 13.7. The fourth-order valence-corrected chi connectivity index (χ4v) is 3.68. The molecule has 0 radical (unpaired) electrons. The minimum atomic E-state index is 0.524. The highest BCUT2D eigenvalue weighted by Gasteiger charge is 2.26. The molecule has 3 aromatic rings. The molecule has 0 aliphatic heterocycles. The molecule has 0 saturated heterocycles. The summed E-state index contributed by atoms with van der Waals surface area (Å²) in [5.74, 6) is 1.34. The minimum Gasteiger partial charge on any atom is -0.346 e. The summed E-state index contributed by atoms with van der Waals surface area (Å²) in [7, 11) is 0. The van der Waals surface area contributed by atoms with E-state index in [2.05, 4.69) is 38.6 Å². The molecule has 116 valence electrons. The van der Waals surface area contributed by atoms with Crippen LogP contribution in [0.3, 0.4) is 0 Å². The zero-order valence-corrected chi connectivity index (χ0v) is 12.9. The normalized spacial score (nSPS) is 22.6. The predicted molar refractivity (Wildman–Crippen MR) is 85.9 cm³/mol. The van der Waals surface area contributed by atoms with Crippen LogP contribution in [0.1, 0.15) is 44.2 Å². The molecule has 0 atom stereocenters. The molecule has 1 saturated carbocycles. The Bertz CT molecular complexity index is 765. The second kappa shape index (κ2) is 5.68. The average Bonchev–Trinajstić information content (AvgIpc) is 3.19. The Kier molecular flexibility index (Phi) is 3.54. The third-order valence-electron chi connectivity index (χ3n) is 4.91. The van der Waals surface area contributed by atoms with Gasteiger partial charge in [-0.15, -0.1) is 5.10 Å². The summed E-state index contributed by atoms with van der Waals surface area (Å²) < 4.78 is 1.82. The molecule has 4 rings (SSSR count). The molecule has 22 heavy (non-hydrogen) atoms. The summed E-state index contributed by atoms with van der Waals surface area (Å²) in [5.41, 5.74) is 3.19. The van der Waals surface area contributed by atoms with Crippen molar-refractivity contribution in [1.82, 2.24) is 30.1 Å². The largest absolute Gasteiger partial charge is 0.346 e. The van der Waals surface area contributed by atoms with Crippen molar-refractivity contribution >= 4 is 16.6 Å². The maximum Gasteiger partial charge on any atom is 0.141 e. The van der Waals surface area contributed by atoms with Gasteiger partial charge in [-0.3, -0.25) is 0 Å². The molecule has 0 aromatic carbocycles. The van der Waals surface area contributed by atoms with Crippen LogP contribution in [-0.4, -0.2) is 37.9 Å². The molecule has 6 heteroatoms. The van der Waals surface area contributed by atoms with Crippen LogP contribution in [-0.2, 0) is 0 Å². The monoisotopic (exact) mass is 298 g/mol. The highest BCUT2D eigenvalue weighted by molar-refractivity contribution is 5.92. The molecule has 1 aliphatic rings. The Morgan fingerprint density at radius 1 is 1.32 bits per heavy atom. The summed E-state index contributed by atoms with van der Waals surface area (Å²) in [6, 6.07) is 2.07. The summed E-state index contributed by atoms with van der Waals surface area (Å²) in [4.78, 5) is 7.54. The van der Waals surface area contributed by atoms with Gasteiger partial charge in [0.15, 0.2) is 0 Å². The van der Waals surface area contributed by atoms with E-state index in [-0.39, 0.29) is 0 Å². The number of nitrogens with zero attached hydrogens (tertiary/aromatic N) is 4. The van der Waals surface area contributed by atoms with E-state index >= 15 is 0 Å². The van der Waals surface area contributed by atoms with Gasteiger partial charge in [-0.1, -0.05) is 12.1 Å². The van der Waals surface area contributed by atoms with Crippen LogP contribution >= 0.6 is 0 Å². The molecule has 2 N–H and O–H groups in total. The lowest BCUT2D eigenvalue weighted by Gasteiger charge is -2.27. The van der Waals surface area contributed by atoms with Crippen LogP contribution in [0.25, 0.3) is 16.6 Å². The van der Waals surface area contributed by atoms with Crippen molar-refractivity contribution in [3.05, 3.63) is 24.3 Å². The van der Waals surface area contributed by atoms with Gasteiger partial charge in [0.2, 0.25) is 0 Å². The fourth-order valence-electron chi connectivity index (χ4n) is 3.68. The molecule has 3 aromatic heterocycles. The highest BCUT2D eigenvalue weighted by Crippen LogP contribution is 2.37. The standard InChI is InChI=1S/C16H22N6/c1-2-17-9-11-3-5-12(6-4-11)14-15-13-7-8-18-16(13)19-10-22(15)21-20-14/h7-8,10-12,17-18H,2-6,9H2,1H3. The van der Waals surface area contributed by atoms with Crippen molar-refractivity contribution in [3.8, 4) is 0 Å². The van der Waals surface area contributed by atoms with E-state index in [4.69, 9.17) is 0 Å². The van der Waals surface area contributed by atoms with Crippen LogP contribution in [0.15, 0.2) is 18.6 Å². The summed E-state index contributed by atoms with van der Waals surface area (Å²) in [6.45, 7) is 4.39. The molecular weight excluding hydrogens is 276 g/mol. The van der Waals surface area contributed by atoms with Crippen molar-refractivity contribution < 1.29 is 0 Å². The van der Waals surface area contributed by atoms with Crippen LogP contribution in [0.4, 0.5) is 0 Å². The second-order valence-electron chi connectivity index (χ2n) is 6.28. The van der Waals surface area contributed by atoms with Crippen molar-refractivity contribution in [2.75, 3.05) is 13.1 Å². The summed E-state index contributed by atoms with van der Waals surface area (Å²) >= 11 is 0. The second-order valence-corrected chi connectivity index (χ2v) is 6.28. The van der Waals surface area contributed by atoms with Crippen LogP contribution in [0.2, 0.25) is 0 Å². The third kappa shape index (κ3) is 2.27. The maximum absolute atomic E-state index is 4.48. The van der Waals surface area contributed by atoms with Crippen molar-refractivity contribution in [2.24, 2.45) is 5.92 Å². The fraction of sp³-hybridized carbons (Fsp3) is 0.562. The Balaban J connectivity index is 1.61. The lowest BCUT2D eigenvalue weighted by atomic mass is 9.80. The van der Waals surface area contributed by atoms with Gasteiger partial charge in [0.1, 0.15) is 17.5 Å². The van der Waals surface area contributed by atoms with E-state index < -0.39 is 0 Å². The van der Waals surface area contributed by atoms with E-state index in [0.717, 1.165) is 41.3 Å². The van der Waals surface area contributed by atoms with Crippen LogP contribution < -0.4 is 5.32 Å². The molecule has 1 aliphatic carbocycles. The first-order valence-corrected chi connectivity index (χ1v) is 8.24. The number of rotatable bonds is 4. The lowest BCUT2D eigenvalue weighted by Crippen LogP contribution is -2.26. The van der Waals surface area contributed by atoms with Gasteiger partial charge in [0, 0.05) is 17.5 Å². The van der Waals surface area contributed by atoms with E-state index in [0.29, 0.717) is 5.92 Å². The zero-order valence-electron chi connectivity index (χ0n) is 12.9. The average molecular weight is 298 g/mol. The van der Waals surface area contributed by atoms with Crippen molar-refractivity contribution in [2.45, 2.75) is 38.5 Å². The smallest absolute Gasteiger partial charge is 0.141 e. The Morgan fingerprint density at radius 2 is 2.18 bits per heavy atom. The topological polar surface area (TPSA) is 70.9 Å². The first-order chi connectivity index (χ1) is 10.9. The number of fused-ring (bicyclic) bond motifs is 3. The van der Waals surface area contributed by atoms with Crippen molar-refractivity contribution in [1.29, 1.82) is 0 Å². The quantitative estimate of drug-likeness (QED) is 0.776. The molecule has 0 bridgehead atoms. The van der Waals surface area contributed by atoms with Gasteiger partial charge in [0.25, 0.3) is 0 Å². The van der Waals surface area contributed by atoms with E-state index in [1.807, 2.05) is 10.7 Å². The Morgan fingerprint density at radius 3 is 3.00 bits per heavy atom. The summed E-state index contributed by atoms with van der Waals surface area (Å²) in [5, 5.41) is 13.3. The van der Waals surface area contributed by atoms with Gasteiger partial charge >= 0.3 is 0 Å². The molecule has 6 nitrogen and oxygen atoms in total. The molecule has 3 heterocycles. The molecule has 0 unspecified atom stereocenters. The molecule has 1 fully saturated rings. The van der Waals surface area contributed by atoms with Gasteiger partial charge in [-0.05, 0) is 50.8 Å². The third-order valence-corrected chi connectivity index (χ3v) is 4.91. The van der Waals surface area contributed by atoms with Crippen molar-refractivity contribution in [3.63, 3.8) is 0 Å². The Hall–Kier alpha value is -1.95. The zero-order chi connectivity index (χ0) is 14.9. The van der Waals surface area contributed by atoms with Gasteiger partial charge < -0.3 is 10.3 Å². The number of aromatic amines is 1. The number of hydrogen-bond donors (Lipinski definition) is 2. The Labute approximate surface area is 129 Å². The summed E-state index contributed by atoms with van der Waals surface area (Å²) in [6.07, 6.45) is 8.65. The predicted octanol–water partition coefficient (Wildman–Crippen LogP) is 2.49. The first-order valence-electron chi connectivity index (χ1n) is 8.24. The van der Waals surface area contributed by atoms with Gasteiger partial charge in [-0.25, -0.2) is 9.50 Å². The van der Waals surface area contributed by atoms with E-state index in [1.54, 1.807) is 6.33 Å². The molecule has 0 spiro atoms. The highest BCUT2D eigenvalue weighted by atomic mass is 15.4. The van der Waals surface area contributed by atoms with E-state index in [1.165, 1.54) is 25.7 Å². The SMILES string of the molecule is CCNCC1CCC(c2nnn3cnc4[nH]ccc4c23)CC1. The number of aromatic nitrogens is 5. The van der Waals surface area contributed by atoms with E-state index in [9.17, 15) is 0 Å². The van der Waals surface area contributed by atoms with Gasteiger partial charge in [0.05, 0.1) is 5.69 Å². The molecule has 0 amide bonds.